The molecule has 0 aromatic rings. The number of amides is 1. The van der Waals surface area contributed by atoms with Gasteiger partial charge in [-0.15, -0.1) is 0 Å². The van der Waals surface area contributed by atoms with Gasteiger partial charge in [0.1, 0.15) is 6.54 Å². The van der Waals surface area contributed by atoms with Crippen LogP contribution in [-0.2, 0) is 4.79 Å². The van der Waals surface area contributed by atoms with Crippen molar-refractivity contribution in [1.29, 1.82) is 0 Å². The van der Waals surface area contributed by atoms with E-state index in [1.807, 2.05) is 0 Å². The molecule has 2 N–H and O–H groups in total. The molecule has 1 unspecified atom stereocenters. The molecule has 17 heavy (non-hydrogen) atoms. The van der Waals surface area contributed by atoms with Crippen LogP contribution in [0, 0.1) is 0 Å². The Balaban J connectivity index is 4.90. The number of rotatable bonds is 6. The molecule has 3 nitrogen and oxygen atoms in total. The van der Waals surface area contributed by atoms with Crippen molar-refractivity contribution in [3.63, 3.8) is 0 Å². The first-order chi connectivity index (χ1) is 7.76. The van der Waals surface area contributed by atoms with E-state index in [1.165, 1.54) is 0 Å². The van der Waals surface area contributed by atoms with Gasteiger partial charge in [-0.05, 0) is 19.3 Å². The normalized spacial score (nSPS) is 13.9. The number of carbonyl (C=O) groups excluding carboxylic acids is 1. The lowest BCUT2D eigenvalue weighted by Gasteiger charge is -2.33. The molecule has 1 atom stereocenters. The maximum Gasteiger partial charge on any atom is 0.406 e. The summed E-state index contributed by atoms with van der Waals surface area (Å²) in [6, 6.07) is -1.25. The first kappa shape index (κ1) is 16.2. The summed E-state index contributed by atoms with van der Waals surface area (Å²) in [5.41, 5.74) is 5.52. The second kappa shape index (κ2) is 6.83. The van der Waals surface area contributed by atoms with Gasteiger partial charge in [0.05, 0.1) is 6.04 Å². The molecule has 0 aliphatic carbocycles. The van der Waals surface area contributed by atoms with E-state index in [-0.39, 0.29) is 0 Å². The topological polar surface area (TPSA) is 46.3 Å². The minimum Gasteiger partial charge on any atom is -0.329 e. The minimum atomic E-state index is -4.38. The van der Waals surface area contributed by atoms with Gasteiger partial charge in [-0.25, -0.2) is 0 Å². The van der Waals surface area contributed by atoms with Gasteiger partial charge < -0.3 is 10.6 Å². The standard InChI is InChI=1S/C11H21F3N2O/c1-4-8(5-2)16(7-11(12,13)14)10(17)9(15)6-3/h8-9H,4-7,15H2,1-3H3. The molecule has 0 saturated heterocycles. The Morgan fingerprint density at radius 2 is 1.65 bits per heavy atom. The van der Waals surface area contributed by atoms with Gasteiger partial charge in [0.2, 0.25) is 5.91 Å². The van der Waals surface area contributed by atoms with E-state index in [1.54, 1.807) is 20.8 Å². The van der Waals surface area contributed by atoms with Crippen LogP contribution in [0.1, 0.15) is 40.0 Å². The Hall–Kier alpha value is -0.780. The Kier molecular flexibility index (Phi) is 6.52. The van der Waals surface area contributed by atoms with Crippen LogP contribution in [0.5, 0.6) is 0 Å². The van der Waals surface area contributed by atoms with Gasteiger partial charge in [0.15, 0.2) is 0 Å². The van der Waals surface area contributed by atoms with Crippen LogP contribution >= 0.6 is 0 Å². The third kappa shape index (κ3) is 5.39. The summed E-state index contributed by atoms with van der Waals surface area (Å²) in [7, 11) is 0. The zero-order chi connectivity index (χ0) is 13.6. The smallest absolute Gasteiger partial charge is 0.329 e. The number of halogens is 3. The summed E-state index contributed by atoms with van der Waals surface area (Å²) in [5, 5.41) is 0. The van der Waals surface area contributed by atoms with Gasteiger partial charge >= 0.3 is 6.18 Å². The Morgan fingerprint density at radius 3 is 1.94 bits per heavy atom. The van der Waals surface area contributed by atoms with E-state index in [4.69, 9.17) is 5.73 Å². The van der Waals surface area contributed by atoms with E-state index in [9.17, 15) is 18.0 Å². The molecule has 0 radical (unpaired) electrons. The number of nitrogens with zero attached hydrogens (tertiary/aromatic N) is 1. The molecular formula is C11H21F3N2O. The highest BCUT2D eigenvalue weighted by atomic mass is 19.4. The SMILES string of the molecule is CCC(N)C(=O)N(CC(F)(F)F)C(CC)CC. The third-order valence-electron chi connectivity index (χ3n) is 2.77. The van der Waals surface area contributed by atoms with E-state index in [2.05, 4.69) is 0 Å². The predicted molar refractivity (Wildman–Crippen MR) is 60.4 cm³/mol. The molecule has 0 bridgehead atoms. The highest BCUT2D eigenvalue weighted by Gasteiger charge is 2.36. The zero-order valence-corrected chi connectivity index (χ0v) is 10.5. The molecule has 0 aromatic heterocycles. The van der Waals surface area contributed by atoms with Crippen molar-refractivity contribution >= 4 is 5.91 Å². The van der Waals surface area contributed by atoms with Crippen molar-refractivity contribution in [2.45, 2.75) is 58.3 Å². The molecule has 0 aliphatic heterocycles. The van der Waals surface area contributed by atoms with Crippen molar-refractivity contribution in [3.8, 4) is 0 Å². The molecule has 0 rings (SSSR count). The quantitative estimate of drug-likeness (QED) is 0.790. The van der Waals surface area contributed by atoms with Gasteiger partial charge in [0.25, 0.3) is 0 Å². The van der Waals surface area contributed by atoms with E-state index < -0.39 is 30.7 Å². The molecule has 102 valence electrons. The minimum absolute atomic E-state index is 0.341. The van der Waals surface area contributed by atoms with Crippen LogP contribution < -0.4 is 5.73 Å². The molecule has 0 aromatic carbocycles. The number of carbonyl (C=O) groups is 1. The average molecular weight is 254 g/mol. The van der Waals surface area contributed by atoms with Gasteiger partial charge in [-0.1, -0.05) is 20.8 Å². The number of nitrogens with two attached hydrogens (primary N) is 1. The van der Waals surface area contributed by atoms with Crippen LogP contribution in [-0.4, -0.2) is 35.6 Å². The average Bonchev–Trinajstić information content (AvgIpc) is 2.25. The molecule has 1 amide bonds. The third-order valence-corrected chi connectivity index (χ3v) is 2.77. The maximum atomic E-state index is 12.4. The lowest BCUT2D eigenvalue weighted by atomic mass is 10.1. The Morgan fingerprint density at radius 1 is 1.18 bits per heavy atom. The van der Waals surface area contributed by atoms with E-state index >= 15 is 0 Å². The predicted octanol–water partition coefficient (Wildman–Crippen LogP) is 2.30. The molecule has 6 heteroatoms. The number of hydrogen-bond acceptors (Lipinski definition) is 2. The molecule has 0 heterocycles. The van der Waals surface area contributed by atoms with Crippen LogP contribution in [0.25, 0.3) is 0 Å². The Bertz CT molecular complexity index is 239. The van der Waals surface area contributed by atoms with Crippen molar-refractivity contribution < 1.29 is 18.0 Å². The molecule has 0 aliphatic rings. The lowest BCUT2D eigenvalue weighted by Crippen LogP contribution is -2.51. The fourth-order valence-electron chi connectivity index (χ4n) is 1.70. The van der Waals surface area contributed by atoms with Gasteiger partial charge in [-0.3, -0.25) is 4.79 Å². The molecule has 0 fully saturated rings. The second-order valence-corrected chi connectivity index (χ2v) is 4.07. The summed E-state index contributed by atoms with van der Waals surface area (Å²) >= 11 is 0. The van der Waals surface area contributed by atoms with Crippen LogP contribution in [0.2, 0.25) is 0 Å². The van der Waals surface area contributed by atoms with Crippen molar-refractivity contribution in [1.82, 2.24) is 4.90 Å². The zero-order valence-electron chi connectivity index (χ0n) is 10.5. The van der Waals surface area contributed by atoms with E-state index in [0.717, 1.165) is 4.90 Å². The largest absolute Gasteiger partial charge is 0.406 e. The maximum absolute atomic E-state index is 12.4. The highest BCUT2D eigenvalue weighted by Crippen LogP contribution is 2.21. The fourth-order valence-corrected chi connectivity index (χ4v) is 1.70. The molecule has 0 saturated carbocycles. The first-order valence-corrected chi connectivity index (χ1v) is 5.89. The molecular weight excluding hydrogens is 233 g/mol. The summed E-state index contributed by atoms with van der Waals surface area (Å²) < 4.78 is 37.3. The van der Waals surface area contributed by atoms with Crippen molar-refractivity contribution in [3.05, 3.63) is 0 Å². The van der Waals surface area contributed by atoms with Crippen LogP contribution in [0.4, 0.5) is 13.2 Å². The first-order valence-electron chi connectivity index (χ1n) is 5.89. The number of alkyl halides is 3. The fraction of sp³-hybridized carbons (Fsp3) is 0.909. The van der Waals surface area contributed by atoms with Crippen molar-refractivity contribution in [2.75, 3.05) is 6.54 Å². The van der Waals surface area contributed by atoms with Gasteiger partial charge in [0, 0.05) is 6.04 Å². The lowest BCUT2D eigenvalue weighted by molar-refractivity contribution is -0.167. The van der Waals surface area contributed by atoms with Crippen molar-refractivity contribution in [2.24, 2.45) is 5.73 Å². The van der Waals surface area contributed by atoms with E-state index in [0.29, 0.717) is 19.3 Å². The summed E-state index contributed by atoms with van der Waals surface area (Å²) in [6.07, 6.45) is -3.05. The highest BCUT2D eigenvalue weighted by molar-refractivity contribution is 5.81. The van der Waals surface area contributed by atoms with Crippen LogP contribution in [0.15, 0.2) is 0 Å². The van der Waals surface area contributed by atoms with Gasteiger partial charge in [-0.2, -0.15) is 13.2 Å². The monoisotopic (exact) mass is 254 g/mol. The Labute approximate surface area is 100 Å². The molecule has 0 spiro atoms. The number of hydrogen-bond donors (Lipinski definition) is 1. The van der Waals surface area contributed by atoms with Crippen LogP contribution in [0.3, 0.4) is 0 Å². The summed E-state index contributed by atoms with van der Waals surface area (Å²) in [6.45, 7) is 4.00. The summed E-state index contributed by atoms with van der Waals surface area (Å²) in [5.74, 6) is -0.612. The second-order valence-electron chi connectivity index (χ2n) is 4.07. The summed E-state index contributed by atoms with van der Waals surface area (Å²) in [4.78, 5) is 12.7.